The van der Waals surface area contributed by atoms with Crippen LogP contribution in [0, 0.1) is 5.41 Å². The van der Waals surface area contributed by atoms with Crippen LogP contribution in [-0.2, 0) is 16.0 Å². The fourth-order valence-corrected chi connectivity index (χ4v) is 6.19. The van der Waals surface area contributed by atoms with Gasteiger partial charge < -0.3 is 14.9 Å². The van der Waals surface area contributed by atoms with E-state index < -0.39 is 35.7 Å². The average molecular weight is 526 g/mol. The number of likely N-dealkylation sites (tertiary alicyclic amines) is 1. The molecule has 1 N–H and O–H groups in total. The van der Waals surface area contributed by atoms with E-state index >= 15 is 0 Å². The number of rotatable bonds is 5. The normalized spacial score (nSPS) is 22.0. The second-order valence-electron chi connectivity index (χ2n) is 10.8. The summed E-state index contributed by atoms with van der Waals surface area (Å²) in [6, 6.07) is 15.6. The van der Waals surface area contributed by atoms with Crippen molar-refractivity contribution in [2.75, 3.05) is 29.4 Å². The van der Waals surface area contributed by atoms with E-state index in [9.17, 15) is 28.3 Å². The van der Waals surface area contributed by atoms with Crippen LogP contribution in [0.5, 0.6) is 0 Å². The molecule has 1 saturated carbocycles. The van der Waals surface area contributed by atoms with Crippen molar-refractivity contribution >= 4 is 29.3 Å². The van der Waals surface area contributed by atoms with Crippen LogP contribution in [0.4, 0.5) is 25.0 Å². The van der Waals surface area contributed by atoms with Gasteiger partial charge in [0.2, 0.25) is 11.8 Å². The molecule has 2 aromatic rings. The van der Waals surface area contributed by atoms with Crippen LogP contribution in [-0.4, -0.2) is 59.5 Å². The van der Waals surface area contributed by atoms with Crippen LogP contribution in [0.2, 0.25) is 0 Å². The predicted octanol–water partition coefficient (Wildman–Crippen LogP) is 5.34. The highest BCUT2D eigenvalue weighted by Crippen LogP contribution is 2.41. The van der Waals surface area contributed by atoms with Gasteiger partial charge in [-0.25, -0.2) is 13.6 Å². The number of aliphatic carboxylic acids is 1. The van der Waals surface area contributed by atoms with Crippen molar-refractivity contribution in [1.82, 2.24) is 4.90 Å². The lowest BCUT2D eigenvalue weighted by Gasteiger charge is -2.42. The molecule has 5 rings (SSSR count). The second kappa shape index (κ2) is 10.3. The van der Waals surface area contributed by atoms with Gasteiger partial charge in [-0.3, -0.25) is 14.5 Å². The van der Waals surface area contributed by atoms with Crippen LogP contribution in [0.3, 0.4) is 0 Å². The SMILES string of the molecule is O=C(N1CCC(CC(=O)N(c2ccccc2)[C@H]2CCCC(F)(F)C2)(C(=O)O)CC1)N1CCc2ccccc21. The smallest absolute Gasteiger partial charge is 0.324 e. The summed E-state index contributed by atoms with van der Waals surface area (Å²) in [7, 11) is 0. The molecule has 2 aliphatic heterocycles. The third-order valence-electron chi connectivity index (χ3n) is 8.33. The predicted molar refractivity (Wildman–Crippen MR) is 140 cm³/mol. The minimum atomic E-state index is -2.86. The van der Waals surface area contributed by atoms with Crippen LogP contribution in [0.15, 0.2) is 54.6 Å². The number of urea groups is 1. The molecule has 1 saturated heterocycles. The number of hydrogen-bond donors (Lipinski definition) is 1. The minimum Gasteiger partial charge on any atom is -0.481 e. The van der Waals surface area contributed by atoms with Gasteiger partial charge in [0.05, 0.1) is 5.41 Å². The molecule has 0 unspecified atom stereocenters. The van der Waals surface area contributed by atoms with Crippen molar-refractivity contribution in [2.45, 2.75) is 63.3 Å². The molecule has 0 radical (unpaired) electrons. The number of alkyl halides is 2. The van der Waals surface area contributed by atoms with Crippen molar-refractivity contribution in [2.24, 2.45) is 5.41 Å². The number of carboxylic acids is 1. The van der Waals surface area contributed by atoms with Crippen LogP contribution >= 0.6 is 0 Å². The Labute approximate surface area is 221 Å². The third kappa shape index (κ3) is 5.11. The third-order valence-corrected chi connectivity index (χ3v) is 8.33. The van der Waals surface area contributed by atoms with E-state index in [1.54, 1.807) is 40.1 Å². The lowest BCUT2D eigenvalue weighted by molar-refractivity contribution is -0.154. The van der Waals surface area contributed by atoms with Gasteiger partial charge >= 0.3 is 12.0 Å². The molecule has 0 spiro atoms. The number of halogens is 2. The second-order valence-corrected chi connectivity index (χ2v) is 10.8. The van der Waals surface area contributed by atoms with Gasteiger partial charge in [0.25, 0.3) is 0 Å². The number of benzene rings is 2. The summed E-state index contributed by atoms with van der Waals surface area (Å²) >= 11 is 0. The van der Waals surface area contributed by atoms with Gasteiger partial charge in [-0.2, -0.15) is 0 Å². The number of nitrogens with zero attached hydrogens (tertiary/aromatic N) is 3. The summed E-state index contributed by atoms with van der Waals surface area (Å²) in [5.74, 6) is -4.42. The maximum absolute atomic E-state index is 14.3. The number of fused-ring (bicyclic) bond motifs is 1. The Kier molecular flexibility index (Phi) is 7.11. The highest BCUT2D eigenvalue weighted by molar-refractivity contribution is 5.97. The highest BCUT2D eigenvalue weighted by Gasteiger charge is 2.47. The zero-order valence-corrected chi connectivity index (χ0v) is 21.3. The first-order valence-corrected chi connectivity index (χ1v) is 13.3. The van der Waals surface area contributed by atoms with Gasteiger partial charge in [0.15, 0.2) is 0 Å². The van der Waals surface area contributed by atoms with Gasteiger partial charge in [0, 0.05) is 56.3 Å². The van der Waals surface area contributed by atoms with E-state index in [4.69, 9.17) is 0 Å². The molecule has 0 aromatic heterocycles. The summed E-state index contributed by atoms with van der Waals surface area (Å²) in [4.78, 5) is 44.3. The van der Waals surface area contributed by atoms with E-state index in [0.29, 0.717) is 25.1 Å². The molecule has 3 aliphatic rings. The minimum absolute atomic E-state index is 0.124. The molecule has 1 atom stereocenters. The molecule has 2 fully saturated rings. The first-order valence-electron chi connectivity index (χ1n) is 13.3. The molecular weight excluding hydrogens is 492 g/mol. The Bertz CT molecular complexity index is 1200. The summed E-state index contributed by atoms with van der Waals surface area (Å²) in [6.07, 6.45) is 0.827. The summed E-state index contributed by atoms with van der Waals surface area (Å²) in [6.45, 7) is 1.00. The Hall–Kier alpha value is -3.49. The van der Waals surface area contributed by atoms with Gasteiger partial charge in [0.1, 0.15) is 0 Å². The molecule has 0 bridgehead atoms. The fourth-order valence-electron chi connectivity index (χ4n) is 6.19. The number of amides is 3. The number of anilines is 2. The molecule has 1 aliphatic carbocycles. The number of hydrogen-bond acceptors (Lipinski definition) is 3. The Morgan fingerprint density at radius 2 is 1.63 bits per heavy atom. The monoisotopic (exact) mass is 525 g/mol. The summed E-state index contributed by atoms with van der Waals surface area (Å²) in [5.41, 5.74) is 1.13. The largest absolute Gasteiger partial charge is 0.481 e. The number of carboxylic acid groups (broad SMARTS) is 1. The van der Waals surface area contributed by atoms with E-state index in [2.05, 4.69) is 0 Å². The quantitative estimate of drug-likeness (QED) is 0.572. The van der Waals surface area contributed by atoms with Crippen LogP contribution in [0.25, 0.3) is 0 Å². The van der Waals surface area contributed by atoms with Crippen LogP contribution < -0.4 is 9.80 Å². The van der Waals surface area contributed by atoms with Crippen molar-refractivity contribution < 1.29 is 28.3 Å². The first kappa shape index (κ1) is 26.1. The molecular formula is C29H33F2N3O4. The number of para-hydroxylation sites is 2. The van der Waals surface area contributed by atoms with Gasteiger partial charge in [-0.1, -0.05) is 36.4 Å². The maximum atomic E-state index is 14.3. The summed E-state index contributed by atoms with van der Waals surface area (Å²) in [5, 5.41) is 10.2. The van der Waals surface area contributed by atoms with Crippen molar-refractivity contribution in [1.29, 1.82) is 0 Å². The molecule has 2 heterocycles. The first-order chi connectivity index (χ1) is 18.2. The molecule has 7 nitrogen and oxygen atoms in total. The highest BCUT2D eigenvalue weighted by atomic mass is 19.3. The molecule has 2 aromatic carbocycles. The van der Waals surface area contributed by atoms with Gasteiger partial charge in [-0.15, -0.1) is 0 Å². The molecule has 38 heavy (non-hydrogen) atoms. The zero-order chi connectivity index (χ0) is 26.9. The Balaban J connectivity index is 1.32. The van der Waals surface area contributed by atoms with E-state index in [0.717, 1.165) is 17.7 Å². The van der Waals surface area contributed by atoms with Gasteiger partial charge in [-0.05, 0) is 55.9 Å². The van der Waals surface area contributed by atoms with E-state index in [-0.39, 0.29) is 44.8 Å². The van der Waals surface area contributed by atoms with E-state index in [1.165, 1.54) is 4.90 Å². The molecule has 9 heteroatoms. The van der Waals surface area contributed by atoms with Crippen LogP contribution in [0.1, 0.15) is 50.5 Å². The molecule has 3 amide bonds. The van der Waals surface area contributed by atoms with Crippen molar-refractivity contribution in [3.63, 3.8) is 0 Å². The number of carbonyl (C=O) groups excluding carboxylic acids is 2. The lowest BCUT2D eigenvalue weighted by atomic mass is 9.75. The topological polar surface area (TPSA) is 81.2 Å². The Morgan fingerprint density at radius 1 is 0.947 bits per heavy atom. The summed E-state index contributed by atoms with van der Waals surface area (Å²) < 4.78 is 28.6. The van der Waals surface area contributed by atoms with Crippen molar-refractivity contribution in [3.05, 3.63) is 60.2 Å². The zero-order valence-electron chi connectivity index (χ0n) is 21.3. The lowest BCUT2D eigenvalue weighted by Crippen LogP contribution is -2.53. The van der Waals surface area contributed by atoms with Crippen molar-refractivity contribution in [3.8, 4) is 0 Å². The Morgan fingerprint density at radius 3 is 2.32 bits per heavy atom. The number of piperidine rings is 1. The fraction of sp³-hybridized carbons (Fsp3) is 0.483. The molecule has 202 valence electrons. The van der Waals surface area contributed by atoms with E-state index in [1.807, 2.05) is 24.3 Å². The standard InChI is InChI=1S/C29H33F2N3O4/c30-29(31)13-6-10-23(19-29)34(22-8-2-1-3-9-22)25(35)20-28(26(36)37)14-17-32(18-15-28)27(38)33-16-12-21-7-4-5-11-24(21)33/h1-5,7-9,11,23H,6,10,12-20H2,(H,36,37)/t23-/m0/s1. The maximum Gasteiger partial charge on any atom is 0.324 e. The number of carbonyl (C=O) groups is 3. The average Bonchev–Trinajstić information content (AvgIpc) is 3.33.